The van der Waals surface area contributed by atoms with Gasteiger partial charge in [0.05, 0.1) is 0 Å². The molecule has 18 heavy (non-hydrogen) atoms. The first-order valence-electron chi connectivity index (χ1n) is 7.77. The molecule has 2 fully saturated rings. The molecule has 1 heterocycles. The van der Waals surface area contributed by atoms with Crippen LogP contribution in [0.1, 0.15) is 58.3 Å². The standard InChI is InChI=1S/C15H28N2O/c1-12(10-13-6-3-2-4-7-13)15(18)17-14-8-5-9-16-11-14/h12-14,16H,2-11H2,1H3,(H,17,18). The number of hydrogen-bond acceptors (Lipinski definition) is 2. The fourth-order valence-electron chi connectivity index (χ4n) is 3.35. The minimum absolute atomic E-state index is 0.190. The van der Waals surface area contributed by atoms with E-state index in [0.717, 1.165) is 31.8 Å². The average Bonchev–Trinajstić information content (AvgIpc) is 2.41. The number of piperidine rings is 1. The highest BCUT2D eigenvalue weighted by atomic mass is 16.1. The lowest BCUT2D eigenvalue weighted by Crippen LogP contribution is -2.47. The number of hydrogen-bond donors (Lipinski definition) is 2. The van der Waals surface area contributed by atoms with Crippen molar-refractivity contribution in [3.63, 3.8) is 0 Å². The minimum Gasteiger partial charge on any atom is -0.352 e. The summed E-state index contributed by atoms with van der Waals surface area (Å²) in [5.74, 6) is 1.26. The quantitative estimate of drug-likeness (QED) is 0.807. The monoisotopic (exact) mass is 252 g/mol. The Morgan fingerprint density at radius 1 is 1.22 bits per heavy atom. The highest BCUT2D eigenvalue weighted by molar-refractivity contribution is 5.78. The van der Waals surface area contributed by atoms with Crippen molar-refractivity contribution in [3.8, 4) is 0 Å². The maximum absolute atomic E-state index is 12.1. The molecule has 1 saturated carbocycles. The predicted molar refractivity (Wildman–Crippen MR) is 74.4 cm³/mol. The summed E-state index contributed by atoms with van der Waals surface area (Å²) in [4.78, 5) is 12.1. The maximum Gasteiger partial charge on any atom is 0.223 e. The molecule has 2 unspecified atom stereocenters. The van der Waals surface area contributed by atoms with Gasteiger partial charge in [-0.3, -0.25) is 4.79 Å². The third-order valence-corrected chi connectivity index (χ3v) is 4.50. The Hall–Kier alpha value is -0.570. The molecule has 0 bridgehead atoms. The topological polar surface area (TPSA) is 41.1 Å². The molecule has 2 atom stereocenters. The third-order valence-electron chi connectivity index (χ3n) is 4.50. The van der Waals surface area contributed by atoms with Crippen molar-refractivity contribution < 1.29 is 4.79 Å². The average molecular weight is 252 g/mol. The summed E-state index contributed by atoms with van der Waals surface area (Å²) < 4.78 is 0. The fraction of sp³-hybridized carbons (Fsp3) is 0.933. The molecule has 1 saturated heterocycles. The van der Waals surface area contributed by atoms with E-state index in [1.807, 2.05) is 0 Å². The molecule has 2 N–H and O–H groups in total. The number of rotatable bonds is 4. The van der Waals surface area contributed by atoms with Crippen molar-refractivity contribution in [3.05, 3.63) is 0 Å². The van der Waals surface area contributed by atoms with E-state index in [9.17, 15) is 4.79 Å². The molecule has 1 aliphatic carbocycles. The molecule has 104 valence electrons. The van der Waals surface area contributed by atoms with Crippen molar-refractivity contribution in [2.75, 3.05) is 13.1 Å². The molecular weight excluding hydrogens is 224 g/mol. The molecule has 0 spiro atoms. The van der Waals surface area contributed by atoms with Gasteiger partial charge in [0, 0.05) is 18.5 Å². The molecule has 0 aromatic heterocycles. The first-order chi connectivity index (χ1) is 8.75. The summed E-state index contributed by atoms with van der Waals surface area (Å²) in [6, 6.07) is 0.361. The number of carbonyl (C=O) groups excluding carboxylic acids is 1. The van der Waals surface area contributed by atoms with Gasteiger partial charge in [0.15, 0.2) is 0 Å². The van der Waals surface area contributed by atoms with Crippen molar-refractivity contribution in [2.45, 2.75) is 64.3 Å². The van der Waals surface area contributed by atoms with Crippen LogP contribution in [0.3, 0.4) is 0 Å². The lowest BCUT2D eigenvalue weighted by atomic mass is 9.83. The SMILES string of the molecule is CC(CC1CCCCC1)C(=O)NC1CCCNC1. The van der Waals surface area contributed by atoms with Crippen molar-refractivity contribution >= 4 is 5.91 Å². The second-order valence-electron chi connectivity index (χ2n) is 6.19. The Kier molecular flexibility index (Phi) is 5.48. The highest BCUT2D eigenvalue weighted by Gasteiger charge is 2.23. The summed E-state index contributed by atoms with van der Waals surface area (Å²) in [6.07, 6.45) is 10.2. The second kappa shape index (κ2) is 7.13. The molecule has 1 amide bonds. The minimum atomic E-state index is 0.190. The summed E-state index contributed by atoms with van der Waals surface area (Å²) in [7, 11) is 0. The number of carbonyl (C=O) groups is 1. The molecule has 0 aromatic carbocycles. The Labute approximate surface area is 111 Å². The fourth-order valence-corrected chi connectivity index (χ4v) is 3.35. The van der Waals surface area contributed by atoms with Gasteiger partial charge in [-0.2, -0.15) is 0 Å². The highest BCUT2D eigenvalue weighted by Crippen LogP contribution is 2.29. The van der Waals surface area contributed by atoms with E-state index in [2.05, 4.69) is 17.6 Å². The maximum atomic E-state index is 12.1. The van der Waals surface area contributed by atoms with Gasteiger partial charge < -0.3 is 10.6 Å². The summed E-state index contributed by atoms with van der Waals surface area (Å²) in [5, 5.41) is 6.55. The first-order valence-corrected chi connectivity index (χ1v) is 7.77. The van der Waals surface area contributed by atoms with Gasteiger partial charge in [-0.05, 0) is 31.7 Å². The van der Waals surface area contributed by atoms with E-state index in [-0.39, 0.29) is 11.8 Å². The van der Waals surface area contributed by atoms with Crippen LogP contribution in [0.5, 0.6) is 0 Å². The van der Waals surface area contributed by atoms with Crippen LogP contribution in [0, 0.1) is 11.8 Å². The van der Waals surface area contributed by atoms with Gasteiger partial charge in [0.25, 0.3) is 0 Å². The van der Waals surface area contributed by atoms with E-state index >= 15 is 0 Å². The zero-order valence-electron chi connectivity index (χ0n) is 11.7. The summed E-state index contributed by atoms with van der Waals surface area (Å²) >= 11 is 0. The van der Waals surface area contributed by atoms with Crippen molar-refractivity contribution in [2.24, 2.45) is 11.8 Å². The van der Waals surface area contributed by atoms with Crippen LogP contribution >= 0.6 is 0 Å². The van der Waals surface area contributed by atoms with E-state index < -0.39 is 0 Å². The van der Waals surface area contributed by atoms with Crippen LogP contribution in [-0.4, -0.2) is 25.0 Å². The Morgan fingerprint density at radius 3 is 2.67 bits per heavy atom. The van der Waals surface area contributed by atoms with Gasteiger partial charge in [0.2, 0.25) is 5.91 Å². The predicted octanol–water partition coefficient (Wildman–Crippen LogP) is 2.46. The molecule has 1 aliphatic heterocycles. The molecule has 0 radical (unpaired) electrons. The van der Waals surface area contributed by atoms with Crippen LogP contribution in [0.4, 0.5) is 0 Å². The zero-order valence-corrected chi connectivity index (χ0v) is 11.7. The molecule has 3 nitrogen and oxygen atoms in total. The van der Waals surface area contributed by atoms with Crippen molar-refractivity contribution in [1.29, 1.82) is 0 Å². The van der Waals surface area contributed by atoms with Crippen LogP contribution in [0.15, 0.2) is 0 Å². The second-order valence-corrected chi connectivity index (χ2v) is 6.19. The van der Waals surface area contributed by atoms with Crippen LogP contribution in [-0.2, 0) is 4.79 Å². The molecular formula is C15H28N2O. The van der Waals surface area contributed by atoms with E-state index in [4.69, 9.17) is 0 Å². The van der Waals surface area contributed by atoms with Gasteiger partial charge in [-0.15, -0.1) is 0 Å². The normalized spacial score (nSPS) is 27.7. The third kappa shape index (κ3) is 4.27. The van der Waals surface area contributed by atoms with Crippen LogP contribution < -0.4 is 10.6 Å². The Bertz CT molecular complexity index is 255. The van der Waals surface area contributed by atoms with Gasteiger partial charge in [-0.25, -0.2) is 0 Å². The largest absolute Gasteiger partial charge is 0.352 e. The number of nitrogens with one attached hydrogen (secondary N) is 2. The van der Waals surface area contributed by atoms with E-state index in [1.165, 1.54) is 38.5 Å². The van der Waals surface area contributed by atoms with Crippen molar-refractivity contribution in [1.82, 2.24) is 10.6 Å². The van der Waals surface area contributed by atoms with E-state index in [1.54, 1.807) is 0 Å². The van der Waals surface area contributed by atoms with Crippen LogP contribution in [0.2, 0.25) is 0 Å². The molecule has 2 aliphatic rings. The van der Waals surface area contributed by atoms with Gasteiger partial charge >= 0.3 is 0 Å². The Balaban J connectivity index is 1.69. The first kappa shape index (κ1) is 13.9. The molecule has 3 heteroatoms. The summed E-state index contributed by atoms with van der Waals surface area (Å²) in [5.41, 5.74) is 0. The Morgan fingerprint density at radius 2 is 2.00 bits per heavy atom. The van der Waals surface area contributed by atoms with Gasteiger partial charge in [0.1, 0.15) is 0 Å². The van der Waals surface area contributed by atoms with Crippen LogP contribution in [0.25, 0.3) is 0 Å². The number of amides is 1. The molecule has 0 aromatic rings. The van der Waals surface area contributed by atoms with E-state index in [0.29, 0.717) is 6.04 Å². The van der Waals surface area contributed by atoms with Gasteiger partial charge in [-0.1, -0.05) is 39.0 Å². The lowest BCUT2D eigenvalue weighted by Gasteiger charge is -2.27. The molecule has 2 rings (SSSR count). The summed E-state index contributed by atoms with van der Waals surface area (Å²) in [6.45, 7) is 4.14. The smallest absolute Gasteiger partial charge is 0.223 e. The zero-order chi connectivity index (χ0) is 12.8. The lowest BCUT2D eigenvalue weighted by molar-refractivity contribution is -0.125.